The van der Waals surface area contributed by atoms with Crippen LogP contribution in [0.15, 0.2) is 54.9 Å². The summed E-state index contributed by atoms with van der Waals surface area (Å²) in [6, 6.07) is 13.6. The van der Waals surface area contributed by atoms with E-state index in [0.717, 1.165) is 40.7 Å². The van der Waals surface area contributed by atoms with Crippen LogP contribution < -0.4 is 5.32 Å². The highest BCUT2D eigenvalue weighted by atomic mass is 16.5. The van der Waals surface area contributed by atoms with E-state index < -0.39 is 5.41 Å². The molecule has 0 aliphatic carbocycles. The first-order chi connectivity index (χ1) is 17.8. The van der Waals surface area contributed by atoms with Crippen molar-refractivity contribution in [3.05, 3.63) is 66.1 Å². The molecule has 0 spiro atoms. The van der Waals surface area contributed by atoms with Crippen molar-refractivity contribution >= 4 is 28.4 Å². The smallest absolute Gasteiger partial charge is 0.270 e. The van der Waals surface area contributed by atoms with Crippen LogP contribution in [0.1, 0.15) is 42.7 Å². The monoisotopic (exact) mass is 494 g/mol. The number of hydrogen-bond acceptors (Lipinski definition) is 6. The molecule has 0 radical (unpaired) electrons. The number of carbonyl (C=O) groups is 1. The van der Waals surface area contributed by atoms with Crippen LogP contribution in [0.2, 0.25) is 0 Å². The van der Waals surface area contributed by atoms with Crippen molar-refractivity contribution in [1.29, 1.82) is 0 Å². The number of aromatic nitrogens is 4. The average Bonchev–Trinajstić information content (AvgIpc) is 3.36. The Morgan fingerprint density at radius 3 is 2.68 bits per heavy atom. The molecule has 1 amide bonds. The maximum Gasteiger partial charge on any atom is 0.270 e. The number of terminal acetylenes is 1. The Morgan fingerprint density at radius 2 is 1.89 bits per heavy atom. The number of carbonyl (C=O) groups excluding carboxylic acids is 1. The second kappa shape index (κ2) is 10.0. The third-order valence-corrected chi connectivity index (χ3v) is 6.93. The van der Waals surface area contributed by atoms with Crippen LogP contribution >= 0.6 is 0 Å². The summed E-state index contributed by atoms with van der Waals surface area (Å²) in [7, 11) is 1.86. The van der Waals surface area contributed by atoms with Gasteiger partial charge in [0, 0.05) is 55.3 Å². The zero-order valence-corrected chi connectivity index (χ0v) is 21.3. The van der Waals surface area contributed by atoms with Gasteiger partial charge in [0.1, 0.15) is 5.69 Å². The van der Waals surface area contributed by atoms with Gasteiger partial charge in [-0.1, -0.05) is 5.92 Å². The number of aromatic amines is 1. The van der Waals surface area contributed by atoms with E-state index in [1.165, 1.54) is 0 Å². The molecule has 1 aliphatic heterocycles. The van der Waals surface area contributed by atoms with Gasteiger partial charge in [-0.3, -0.25) is 9.78 Å². The maximum atomic E-state index is 13.1. The second-order valence-electron chi connectivity index (χ2n) is 9.83. The highest BCUT2D eigenvalue weighted by molar-refractivity contribution is 5.98. The quantitative estimate of drug-likeness (QED) is 0.369. The zero-order chi connectivity index (χ0) is 26.0. The normalized spacial score (nSPS) is 14.3. The number of rotatable bonds is 6. The largest absolute Gasteiger partial charge is 0.381 e. The van der Waals surface area contributed by atoms with E-state index in [-0.39, 0.29) is 11.9 Å². The molecule has 8 nitrogen and oxygen atoms in total. The van der Waals surface area contributed by atoms with Crippen LogP contribution in [-0.2, 0) is 10.2 Å². The summed E-state index contributed by atoms with van der Waals surface area (Å²) in [5, 5.41) is 4.20. The summed E-state index contributed by atoms with van der Waals surface area (Å²) in [5.74, 6) is 3.26. The predicted molar refractivity (Wildman–Crippen MR) is 145 cm³/mol. The van der Waals surface area contributed by atoms with Crippen molar-refractivity contribution < 1.29 is 9.53 Å². The molecule has 4 aromatic rings. The van der Waals surface area contributed by atoms with Crippen molar-refractivity contribution in [3.63, 3.8) is 0 Å². The summed E-state index contributed by atoms with van der Waals surface area (Å²) in [6.07, 6.45) is 10.9. The van der Waals surface area contributed by atoms with Gasteiger partial charge in [-0.25, -0.2) is 9.97 Å². The standard InChI is InChI=1S/C29H30N6O2/c1-5-29(2,3)20-8-12-30-25(18-20)24-9-13-31-28(34-24)32-21-6-7-23-19(16-21)17-26(33-23)27(36)35(4)22-10-14-37-15-11-22/h1,6-9,12-13,16-18,22,33H,10-11,14-15H2,2-4H3,(H,31,32,34). The van der Waals surface area contributed by atoms with Gasteiger partial charge in [0.2, 0.25) is 5.95 Å². The molecule has 0 atom stereocenters. The number of anilines is 2. The number of benzene rings is 1. The zero-order valence-electron chi connectivity index (χ0n) is 21.3. The topological polar surface area (TPSA) is 96.0 Å². The lowest BCUT2D eigenvalue weighted by atomic mass is 9.86. The summed E-state index contributed by atoms with van der Waals surface area (Å²) in [5.41, 5.74) is 4.29. The van der Waals surface area contributed by atoms with Crippen LogP contribution in [0.25, 0.3) is 22.3 Å². The molecule has 1 fully saturated rings. The first-order valence-electron chi connectivity index (χ1n) is 12.4. The number of ether oxygens (including phenoxy) is 1. The molecule has 4 heterocycles. The highest BCUT2D eigenvalue weighted by Gasteiger charge is 2.24. The first kappa shape index (κ1) is 24.5. The van der Waals surface area contributed by atoms with Gasteiger partial charge in [0.15, 0.2) is 0 Å². The van der Waals surface area contributed by atoms with Crippen molar-refractivity contribution in [2.45, 2.75) is 38.1 Å². The summed E-state index contributed by atoms with van der Waals surface area (Å²) in [4.78, 5) is 31.7. The highest BCUT2D eigenvalue weighted by Crippen LogP contribution is 2.27. The summed E-state index contributed by atoms with van der Waals surface area (Å²) < 4.78 is 5.43. The van der Waals surface area contributed by atoms with E-state index in [1.807, 2.05) is 68.3 Å². The number of amides is 1. The first-order valence-corrected chi connectivity index (χ1v) is 12.4. The fourth-order valence-corrected chi connectivity index (χ4v) is 4.49. The lowest BCUT2D eigenvalue weighted by molar-refractivity contribution is 0.0359. The molecule has 1 saturated heterocycles. The summed E-state index contributed by atoms with van der Waals surface area (Å²) >= 11 is 0. The van der Waals surface area contributed by atoms with Gasteiger partial charge in [-0.2, -0.15) is 0 Å². The summed E-state index contributed by atoms with van der Waals surface area (Å²) in [6.45, 7) is 5.38. The lowest BCUT2D eigenvalue weighted by Crippen LogP contribution is -2.40. The second-order valence-corrected chi connectivity index (χ2v) is 9.83. The number of fused-ring (bicyclic) bond motifs is 1. The molecular formula is C29H30N6O2. The van der Waals surface area contributed by atoms with Crippen LogP contribution in [0.5, 0.6) is 0 Å². The number of nitrogens with zero attached hydrogens (tertiary/aromatic N) is 4. The fourth-order valence-electron chi connectivity index (χ4n) is 4.49. The van der Waals surface area contributed by atoms with Gasteiger partial charge in [0.05, 0.1) is 16.8 Å². The van der Waals surface area contributed by atoms with E-state index in [4.69, 9.17) is 11.2 Å². The Labute approximate surface area is 216 Å². The minimum absolute atomic E-state index is 0.0172. The third-order valence-electron chi connectivity index (χ3n) is 6.93. The molecule has 1 aromatic carbocycles. The number of nitrogens with one attached hydrogen (secondary N) is 2. The molecule has 8 heteroatoms. The number of hydrogen-bond donors (Lipinski definition) is 2. The minimum atomic E-state index is -0.405. The molecule has 5 rings (SSSR count). The van der Waals surface area contributed by atoms with E-state index in [1.54, 1.807) is 12.4 Å². The molecule has 0 unspecified atom stereocenters. The van der Waals surface area contributed by atoms with Crippen molar-refractivity contribution in [3.8, 4) is 23.7 Å². The molecule has 188 valence electrons. The molecule has 3 aromatic heterocycles. The maximum absolute atomic E-state index is 13.1. The molecular weight excluding hydrogens is 464 g/mol. The van der Waals surface area contributed by atoms with Crippen molar-refractivity contribution in [2.75, 3.05) is 25.6 Å². The van der Waals surface area contributed by atoms with Crippen molar-refractivity contribution in [1.82, 2.24) is 24.8 Å². The van der Waals surface area contributed by atoms with Gasteiger partial charge in [-0.15, -0.1) is 6.42 Å². The third kappa shape index (κ3) is 5.18. The van der Waals surface area contributed by atoms with E-state index in [9.17, 15) is 4.79 Å². The average molecular weight is 495 g/mol. The molecule has 0 bridgehead atoms. The predicted octanol–water partition coefficient (Wildman–Crippen LogP) is 4.93. The van der Waals surface area contributed by atoms with E-state index >= 15 is 0 Å². The van der Waals surface area contributed by atoms with Gasteiger partial charge >= 0.3 is 0 Å². The number of H-pyrrole nitrogens is 1. The van der Waals surface area contributed by atoms with Crippen LogP contribution in [-0.4, -0.2) is 57.0 Å². The van der Waals surface area contributed by atoms with Crippen LogP contribution in [0, 0.1) is 12.3 Å². The van der Waals surface area contributed by atoms with E-state index in [0.29, 0.717) is 30.5 Å². The molecule has 1 aliphatic rings. The Morgan fingerprint density at radius 1 is 1.11 bits per heavy atom. The fraction of sp³-hybridized carbons (Fsp3) is 0.310. The Kier molecular flexibility index (Phi) is 6.64. The van der Waals surface area contributed by atoms with Gasteiger partial charge < -0.3 is 19.9 Å². The Balaban J connectivity index is 1.35. The van der Waals surface area contributed by atoms with E-state index in [2.05, 4.69) is 31.2 Å². The molecule has 2 N–H and O–H groups in total. The van der Waals surface area contributed by atoms with Gasteiger partial charge in [0.25, 0.3) is 5.91 Å². The van der Waals surface area contributed by atoms with Crippen LogP contribution in [0.3, 0.4) is 0 Å². The Bertz CT molecular complexity index is 1480. The SMILES string of the molecule is C#CC(C)(C)c1ccnc(-c2ccnc(Nc3ccc4[nH]c(C(=O)N(C)C5CCOCC5)cc4c3)n2)c1. The van der Waals surface area contributed by atoms with Crippen LogP contribution in [0.4, 0.5) is 11.6 Å². The van der Waals surface area contributed by atoms with Gasteiger partial charge in [-0.05, 0) is 74.7 Å². The lowest BCUT2D eigenvalue weighted by Gasteiger charge is -2.30. The molecule has 37 heavy (non-hydrogen) atoms. The minimum Gasteiger partial charge on any atom is -0.381 e. The number of pyridine rings is 1. The molecule has 0 saturated carbocycles. The Hall–Kier alpha value is -4.22. The van der Waals surface area contributed by atoms with Crippen molar-refractivity contribution in [2.24, 2.45) is 0 Å².